The first-order valence-electron chi connectivity index (χ1n) is 5.07. The second-order valence-corrected chi connectivity index (χ2v) is 3.49. The molecule has 0 saturated heterocycles. The molecular weight excluding hydrogens is 188 g/mol. The number of aliphatic hydroxyl groups is 1. The van der Waals surface area contributed by atoms with E-state index in [4.69, 9.17) is 0 Å². The van der Waals surface area contributed by atoms with Crippen LogP contribution in [0.5, 0.6) is 0 Å². The zero-order valence-corrected chi connectivity index (χ0v) is 8.67. The topological polar surface area (TPSA) is 38.0 Å². The van der Waals surface area contributed by atoms with Crippen LogP contribution in [0, 0.1) is 0 Å². The molecule has 1 N–H and O–H groups in total. The fourth-order valence-electron chi connectivity index (χ4n) is 1.52. The van der Waals surface area contributed by atoms with Gasteiger partial charge in [-0.15, -0.1) is 0 Å². The third kappa shape index (κ3) is 2.07. The third-order valence-corrected chi connectivity index (χ3v) is 2.47. The smallest absolute Gasteiger partial charge is 0.0991 e. The lowest BCUT2D eigenvalue weighted by Gasteiger charge is -2.09. The van der Waals surface area contributed by atoms with Gasteiger partial charge < -0.3 is 9.67 Å². The van der Waals surface area contributed by atoms with Crippen LogP contribution in [-0.4, -0.2) is 14.7 Å². The fraction of sp³-hybridized carbons (Fsp3) is 0.250. The average molecular weight is 202 g/mol. The van der Waals surface area contributed by atoms with Gasteiger partial charge in [-0.2, -0.15) is 0 Å². The van der Waals surface area contributed by atoms with Gasteiger partial charge in [-0.05, 0) is 24.1 Å². The number of nitrogens with zero attached hydrogens (tertiary/aromatic N) is 2. The summed E-state index contributed by atoms with van der Waals surface area (Å²) in [7, 11) is 0. The van der Waals surface area contributed by atoms with E-state index in [9.17, 15) is 5.11 Å². The van der Waals surface area contributed by atoms with Gasteiger partial charge in [0.25, 0.3) is 0 Å². The Morgan fingerprint density at radius 3 is 2.60 bits per heavy atom. The van der Waals surface area contributed by atoms with Gasteiger partial charge >= 0.3 is 0 Å². The van der Waals surface area contributed by atoms with E-state index >= 15 is 0 Å². The van der Waals surface area contributed by atoms with Gasteiger partial charge in [0.15, 0.2) is 0 Å². The monoisotopic (exact) mass is 202 g/mol. The van der Waals surface area contributed by atoms with Gasteiger partial charge in [-0.1, -0.05) is 19.1 Å². The normalized spacial score (nSPS) is 12.7. The zero-order valence-electron chi connectivity index (χ0n) is 8.67. The first-order chi connectivity index (χ1) is 7.31. The molecule has 3 nitrogen and oxygen atoms in total. The molecule has 15 heavy (non-hydrogen) atoms. The van der Waals surface area contributed by atoms with Crippen molar-refractivity contribution in [3.05, 3.63) is 48.5 Å². The van der Waals surface area contributed by atoms with Crippen molar-refractivity contribution in [3.63, 3.8) is 0 Å². The predicted octanol–water partition coefficient (Wildman–Crippen LogP) is 2.32. The Labute approximate surface area is 89.0 Å². The Morgan fingerprint density at radius 1 is 1.33 bits per heavy atom. The molecule has 1 atom stereocenters. The molecule has 0 aliphatic rings. The van der Waals surface area contributed by atoms with Crippen molar-refractivity contribution < 1.29 is 5.11 Å². The number of imidazole rings is 1. The summed E-state index contributed by atoms with van der Waals surface area (Å²) in [6.07, 6.45) is 5.78. The van der Waals surface area contributed by atoms with Gasteiger partial charge in [-0.3, -0.25) is 0 Å². The van der Waals surface area contributed by atoms with Gasteiger partial charge in [0.2, 0.25) is 0 Å². The largest absolute Gasteiger partial charge is 0.388 e. The average Bonchev–Trinajstić information content (AvgIpc) is 2.82. The van der Waals surface area contributed by atoms with Crippen molar-refractivity contribution in [2.24, 2.45) is 0 Å². The van der Waals surface area contributed by atoms with Crippen LogP contribution in [0.25, 0.3) is 5.69 Å². The second-order valence-electron chi connectivity index (χ2n) is 3.49. The van der Waals surface area contributed by atoms with E-state index in [0.29, 0.717) is 0 Å². The maximum absolute atomic E-state index is 9.63. The summed E-state index contributed by atoms with van der Waals surface area (Å²) in [5, 5.41) is 9.63. The molecule has 1 aromatic heterocycles. The fourth-order valence-corrected chi connectivity index (χ4v) is 1.52. The molecule has 0 radical (unpaired) electrons. The maximum Gasteiger partial charge on any atom is 0.0991 e. The molecule has 2 aromatic rings. The van der Waals surface area contributed by atoms with Crippen molar-refractivity contribution in [1.82, 2.24) is 9.55 Å². The molecule has 0 aliphatic heterocycles. The van der Waals surface area contributed by atoms with E-state index in [1.807, 2.05) is 42.0 Å². The van der Waals surface area contributed by atoms with E-state index in [1.165, 1.54) is 0 Å². The van der Waals surface area contributed by atoms with E-state index in [2.05, 4.69) is 4.98 Å². The highest BCUT2D eigenvalue weighted by Gasteiger charge is 2.04. The number of benzene rings is 1. The highest BCUT2D eigenvalue weighted by molar-refractivity contribution is 5.35. The molecule has 0 bridgehead atoms. The second kappa shape index (κ2) is 4.28. The number of hydrogen-bond acceptors (Lipinski definition) is 2. The minimum absolute atomic E-state index is 0.359. The van der Waals surface area contributed by atoms with Crippen LogP contribution in [0.3, 0.4) is 0 Å². The number of hydrogen-bond donors (Lipinski definition) is 1. The number of aromatic nitrogens is 2. The Kier molecular flexibility index (Phi) is 2.83. The summed E-state index contributed by atoms with van der Waals surface area (Å²) in [6, 6.07) is 7.86. The Bertz CT molecular complexity index is 406. The molecule has 1 heterocycles. The van der Waals surface area contributed by atoms with E-state index in [1.54, 1.807) is 12.5 Å². The van der Waals surface area contributed by atoms with Crippen LogP contribution in [0.15, 0.2) is 43.0 Å². The maximum atomic E-state index is 9.63. The van der Waals surface area contributed by atoms with Crippen molar-refractivity contribution in [3.8, 4) is 5.69 Å². The van der Waals surface area contributed by atoms with Crippen LogP contribution >= 0.6 is 0 Å². The Morgan fingerprint density at radius 2 is 2.07 bits per heavy atom. The molecule has 0 aliphatic carbocycles. The molecular formula is C12H14N2O. The molecule has 0 spiro atoms. The van der Waals surface area contributed by atoms with Crippen LogP contribution in [0.1, 0.15) is 25.0 Å². The standard InChI is InChI=1S/C12H14N2O/c1-2-12(15)10-3-5-11(6-4-10)14-8-7-13-9-14/h3-9,12,15H,2H2,1H3/t12-/m1/s1. The highest BCUT2D eigenvalue weighted by atomic mass is 16.3. The first-order valence-corrected chi connectivity index (χ1v) is 5.07. The van der Waals surface area contributed by atoms with Gasteiger partial charge in [0.05, 0.1) is 12.4 Å². The van der Waals surface area contributed by atoms with Crippen molar-refractivity contribution in [1.29, 1.82) is 0 Å². The van der Waals surface area contributed by atoms with Crippen LogP contribution in [0.4, 0.5) is 0 Å². The molecule has 0 amide bonds. The SMILES string of the molecule is CC[C@@H](O)c1ccc(-n2ccnc2)cc1. The summed E-state index contributed by atoms with van der Waals surface area (Å²) < 4.78 is 1.93. The van der Waals surface area contributed by atoms with E-state index in [0.717, 1.165) is 17.7 Å². The highest BCUT2D eigenvalue weighted by Crippen LogP contribution is 2.17. The summed E-state index contributed by atoms with van der Waals surface area (Å²) >= 11 is 0. The van der Waals surface area contributed by atoms with E-state index < -0.39 is 0 Å². The lowest BCUT2D eigenvalue weighted by atomic mass is 10.1. The van der Waals surface area contributed by atoms with Crippen molar-refractivity contribution in [2.45, 2.75) is 19.4 Å². The Hall–Kier alpha value is -1.61. The van der Waals surface area contributed by atoms with Gasteiger partial charge in [0, 0.05) is 18.1 Å². The molecule has 78 valence electrons. The van der Waals surface area contributed by atoms with Crippen LogP contribution < -0.4 is 0 Å². The number of aliphatic hydroxyl groups excluding tert-OH is 1. The van der Waals surface area contributed by atoms with E-state index in [-0.39, 0.29) is 6.10 Å². The third-order valence-electron chi connectivity index (χ3n) is 2.47. The molecule has 3 heteroatoms. The minimum atomic E-state index is -0.359. The van der Waals surface area contributed by atoms with Crippen LogP contribution in [-0.2, 0) is 0 Å². The quantitative estimate of drug-likeness (QED) is 0.829. The summed E-state index contributed by atoms with van der Waals surface area (Å²) in [5.41, 5.74) is 2.01. The lowest BCUT2D eigenvalue weighted by Crippen LogP contribution is -1.96. The molecule has 2 rings (SSSR count). The summed E-state index contributed by atoms with van der Waals surface area (Å²) in [4.78, 5) is 3.99. The molecule has 0 unspecified atom stereocenters. The predicted molar refractivity (Wildman–Crippen MR) is 58.8 cm³/mol. The summed E-state index contributed by atoms with van der Waals surface area (Å²) in [6.45, 7) is 1.97. The van der Waals surface area contributed by atoms with Crippen molar-refractivity contribution in [2.75, 3.05) is 0 Å². The molecule has 0 saturated carbocycles. The molecule has 0 fully saturated rings. The first kappa shape index (κ1) is 9.93. The Balaban J connectivity index is 2.25. The minimum Gasteiger partial charge on any atom is -0.388 e. The molecule has 1 aromatic carbocycles. The lowest BCUT2D eigenvalue weighted by molar-refractivity contribution is 0.173. The number of rotatable bonds is 3. The zero-order chi connectivity index (χ0) is 10.7. The summed E-state index contributed by atoms with van der Waals surface area (Å²) in [5.74, 6) is 0. The van der Waals surface area contributed by atoms with Gasteiger partial charge in [-0.25, -0.2) is 4.98 Å². The van der Waals surface area contributed by atoms with Crippen molar-refractivity contribution >= 4 is 0 Å². The van der Waals surface area contributed by atoms with Crippen LogP contribution in [0.2, 0.25) is 0 Å². The van der Waals surface area contributed by atoms with Gasteiger partial charge in [0.1, 0.15) is 0 Å².